The van der Waals surface area contributed by atoms with Gasteiger partial charge in [-0.2, -0.15) is 0 Å². The van der Waals surface area contributed by atoms with Crippen molar-refractivity contribution in [1.82, 2.24) is 0 Å². The summed E-state index contributed by atoms with van der Waals surface area (Å²) in [6, 6.07) is 7.25. The number of para-hydroxylation sites is 1. The van der Waals surface area contributed by atoms with Crippen LogP contribution in [0.2, 0.25) is 0 Å². The molecule has 0 radical (unpaired) electrons. The standard InChI is InChI=1S/C7H8O.Zr/c1-6-4-2-3-5-7(6)8;/h2-5,8H,1H3;. The van der Waals surface area contributed by atoms with Crippen LogP contribution in [0.1, 0.15) is 5.56 Å². The summed E-state index contributed by atoms with van der Waals surface area (Å²) < 4.78 is 0. The van der Waals surface area contributed by atoms with Crippen molar-refractivity contribution in [1.29, 1.82) is 0 Å². The van der Waals surface area contributed by atoms with Gasteiger partial charge in [0.1, 0.15) is 5.75 Å². The van der Waals surface area contributed by atoms with Crippen molar-refractivity contribution >= 4 is 0 Å². The van der Waals surface area contributed by atoms with E-state index in [1.165, 1.54) is 0 Å². The third-order valence-electron chi connectivity index (χ3n) is 1.12. The van der Waals surface area contributed by atoms with Crippen molar-refractivity contribution in [3.8, 4) is 5.75 Å². The van der Waals surface area contributed by atoms with Gasteiger partial charge >= 0.3 is 0 Å². The summed E-state index contributed by atoms with van der Waals surface area (Å²) in [4.78, 5) is 0. The Balaban J connectivity index is 0.000000640. The van der Waals surface area contributed by atoms with Gasteiger partial charge < -0.3 is 5.11 Å². The van der Waals surface area contributed by atoms with Crippen LogP contribution < -0.4 is 0 Å². The topological polar surface area (TPSA) is 20.2 Å². The molecule has 1 nitrogen and oxygen atoms in total. The molecule has 0 aromatic heterocycles. The van der Waals surface area contributed by atoms with Gasteiger partial charge in [-0.25, -0.2) is 0 Å². The molecule has 1 N–H and O–H groups in total. The van der Waals surface area contributed by atoms with E-state index in [0.717, 1.165) is 5.56 Å². The summed E-state index contributed by atoms with van der Waals surface area (Å²) in [5, 5.41) is 8.92. The minimum atomic E-state index is 0. The number of rotatable bonds is 0. The molecule has 1 rings (SSSR count). The number of phenolic OH excluding ortho intramolecular Hbond substituents is 1. The molecular formula is C7H8OZr. The van der Waals surface area contributed by atoms with Gasteiger partial charge in [0, 0.05) is 26.2 Å². The van der Waals surface area contributed by atoms with Crippen molar-refractivity contribution < 1.29 is 31.3 Å². The molecule has 9 heavy (non-hydrogen) atoms. The Bertz CT molecular complexity index is 165. The molecule has 0 aliphatic rings. The van der Waals surface area contributed by atoms with E-state index in [-0.39, 0.29) is 26.2 Å². The summed E-state index contributed by atoms with van der Waals surface area (Å²) in [5.74, 6) is 0.368. The van der Waals surface area contributed by atoms with Crippen molar-refractivity contribution in [2.45, 2.75) is 6.92 Å². The molecule has 0 unspecified atom stereocenters. The minimum absolute atomic E-state index is 0. The molecule has 0 aliphatic heterocycles. The molecule has 0 spiro atoms. The second-order valence-electron chi connectivity index (χ2n) is 1.79. The SMILES string of the molecule is Cc1ccccc1O.[Zr]. The van der Waals surface area contributed by atoms with Crippen molar-refractivity contribution in [2.75, 3.05) is 0 Å². The first-order valence-electron chi connectivity index (χ1n) is 2.55. The zero-order valence-corrected chi connectivity index (χ0v) is 7.71. The van der Waals surface area contributed by atoms with Crippen LogP contribution in [-0.2, 0) is 26.2 Å². The van der Waals surface area contributed by atoms with Gasteiger partial charge in [-0.05, 0) is 18.6 Å². The number of benzene rings is 1. The summed E-state index contributed by atoms with van der Waals surface area (Å²) in [6.45, 7) is 1.87. The summed E-state index contributed by atoms with van der Waals surface area (Å²) in [6.07, 6.45) is 0. The second-order valence-corrected chi connectivity index (χ2v) is 1.79. The molecule has 0 saturated carbocycles. The number of aryl methyl sites for hydroxylation is 1. The predicted octanol–water partition coefficient (Wildman–Crippen LogP) is 1.70. The average molecular weight is 199 g/mol. The van der Waals surface area contributed by atoms with Gasteiger partial charge in [0.15, 0.2) is 0 Å². The van der Waals surface area contributed by atoms with E-state index in [0.29, 0.717) is 5.75 Å². The normalized spacial score (nSPS) is 8.11. The van der Waals surface area contributed by atoms with E-state index in [2.05, 4.69) is 0 Å². The third kappa shape index (κ3) is 2.32. The smallest absolute Gasteiger partial charge is 0.118 e. The fourth-order valence-electron chi connectivity index (χ4n) is 0.563. The minimum Gasteiger partial charge on any atom is -0.508 e. The number of phenols is 1. The summed E-state index contributed by atoms with van der Waals surface area (Å²) in [5.41, 5.74) is 0.924. The molecule has 1 aromatic rings. The van der Waals surface area contributed by atoms with Crippen molar-refractivity contribution in [3.05, 3.63) is 29.8 Å². The fourth-order valence-corrected chi connectivity index (χ4v) is 0.563. The van der Waals surface area contributed by atoms with Crippen molar-refractivity contribution in [2.24, 2.45) is 0 Å². The van der Waals surface area contributed by atoms with Crippen LogP contribution in [0.3, 0.4) is 0 Å². The molecule has 0 fully saturated rings. The van der Waals surface area contributed by atoms with Crippen LogP contribution in [0, 0.1) is 6.92 Å². The Morgan fingerprint density at radius 2 is 1.78 bits per heavy atom. The Hall–Kier alpha value is -0.0969. The number of aromatic hydroxyl groups is 1. The Labute approximate surface area is 73.8 Å². The van der Waals surface area contributed by atoms with Gasteiger partial charge in [0.2, 0.25) is 0 Å². The van der Waals surface area contributed by atoms with Crippen LogP contribution >= 0.6 is 0 Å². The Morgan fingerprint density at radius 1 is 1.22 bits per heavy atom. The number of hydrogen-bond acceptors (Lipinski definition) is 1. The van der Waals surface area contributed by atoms with Crippen LogP contribution in [0.25, 0.3) is 0 Å². The van der Waals surface area contributed by atoms with Gasteiger partial charge in [-0.1, -0.05) is 18.2 Å². The molecule has 0 amide bonds. The molecule has 2 heteroatoms. The van der Waals surface area contributed by atoms with Gasteiger partial charge in [0.25, 0.3) is 0 Å². The maximum absolute atomic E-state index is 8.92. The average Bonchev–Trinajstić information content (AvgIpc) is 1.77. The van der Waals surface area contributed by atoms with E-state index in [1.807, 2.05) is 25.1 Å². The van der Waals surface area contributed by atoms with Gasteiger partial charge in [-0.15, -0.1) is 0 Å². The molecule has 0 atom stereocenters. The fraction of sp³-hybridized carbons (Fsp3) is 0.143. The van der Waals surface area contributed by atoms with E-state index < -0.39 is 0 Å². The molecule has 0 saturated heterocycles. The van der Waals surface area contributed by atoms with E-state index >= 15 is 0 Å². The quantitative estimate of drug-likeness (QED) is 0.674. The zero-order valence-electron chi connectivity index (χ0n) is 5.26. The van der Waals surface area contributed by atoms with E-state index in [9.17, 15) is 0 Å². The summed E-state index contributed by atoms with van der Waals surface area (Å²) in [7, 11) is 0. The molecule has 0 bridgehead atoms. The van der Waals surface area contributed by atoms with E-state index in [4.69, 9.17) is 5.11 Å². The van der Waals surface area contributed by atoms with Crippen molar-refractivity contribution in [3.63, 3.8) is 0 Å². The van der Waals surface area contributed by atoms with Crippen LogP contribution in [-0.4, -0.2) is 5.11 Å². The Morgan fingerprint density at radius 3 is 2.11 bits per heavy atom. The van der Waals surface area contributed by atoms with Gasteiger partial charge in [0.05, 0.1) is 0 Å². The van der Waals surface area contributed by atoms with Crippen LogP contribution in [0.15, 0.2) is 24.3 Å². The predicted molar refractivity (Wildman–Crippen MR) is 32.8 cm³/mol. The molecule has 1 aromatic carbocycles. The van der Waals surface area contributed by atoms with E-state index in [1.54, 1.807) is 6.07 Å². The Kier molecular flexibility index (Phi) is 3.80. The van der Waals surface area contributed by atoms with Crippen LogP contribution in [0.5, 0.6) is 5.75 Å². The first kappa shape index (κ1) is 8.90. The first-order valence-corrected chi connectivity index (χ1v) is 2.55. The van der Waals surface area contributed by atoms with Crippen LogP contribution in [0.4, 0.5) is 0 Å². The maximum Gasteiger partial charge on any atom is 0.118 e. The monoisotopic (exact) mass is 198 g/mol. The maximum atomic E-state index is 8.92. The summed E-state index contributed by atoms with van der Waals surface area (Å²) >= 11 is 0. The number of hydrogen-bond donors (Lipinski definition) is 1. The first-order chi connectivity index (χ1) is 3.80. The molecule has 0 aliphatic carbocycles. The zero-order chi connectivity index (χ0) is 5.98. The van der Waals surface area contributed by atoms with Gasteiger partial charge in [-0.3, -0.25) is 0 Å². The second kappa shape index (κ2) is 3.84. The largest absolute Gasteiger partial charge is 0.508 e. The molecule has 46 valence electrons. The molecule has 0 heterocycles. The third-order valence-corrected chi connectivity index (χ3v) is 1.12. The molecular weight excluding hydrogens is 191 g/mol.